The molecule has 4 N–H and O–H groups in total. The number of amides is 2. The maximum atomic E-state index is 12.3. The molecule has 1 saturated carbocycles. The van der Waals surface area contributed by atoms with Gasteiger partial charge < -0.3 is 16.4 Å². The average Bonchev–Trinajstić information content (AvgIpc) is 3.12. The molecular formula is C19H24N4O2S. The maximum Gasteiger partial charge on any atom is 0.275 e. The Morgan fingerprint density at radius 2 is 1.85 bits per heavy atom. The predicted octanol–water partition coefficient (Wildman–Crippen LogP) is 2.96. The zero-order valence-corrected chi connectivity index (χ0v) is 15.5. The van der Waals surface area contributed by atoms with Gasteiger partial charge in [-0.05, 0) is 43.7 Å². The monoisotopic (exact) mass is 372 g/mol. The van der Waals surface area contributed by atoms with Crippen LogP contribution < -0.4 is 16.4 Å². The molecule has 0 bridgehead atoms. The molecule has 1 aliphatic rings. The number of rotatable bonds is 6. The largest absolute Gasteiger partial charge is 0.349 e. The molecule has 3 rings (SSSR count). The quantitative estimate of drug-likeness (QED) is 0.726. The van der Waals surface area contributed by atoms with Crippen LogP contribution in [-0.4, -0.2) is 29.4 Å². The molecule has 0 spiro atoms. The summed E-state index contributed by atoms with van der Waals surface area (Å²) in [5.74, 6) is -0.315. The van der Waals surface area contributed by atoms with E-state index in [0.717, 1.165) is 17.8 Å². The molecule has 0 unspecified atom stereocenters. The third kappa shape index (κ3) is 4.89. The Labute approximate surface area is 157 Å². The van der Waals surface area contributed by atoms with Crippen LogP contribution in [0.15, 0.2) is 29.6 Å². The van der Waals surface area contributed by atoms with Crippen LogP contribution in [0.4, 0.5) is 5.69 Å². The molecule has 0 atom stereocenters. The van der Waals surface area contributed by atoms with Crippen molar-refractivity contribution in [1.29, 1.82) is 0 Å². The Morgan fingerprint density at radius 1 is 1.12 bits per heavy atom. The third-order valence-electron chi connectivity index (χ3n) is 4.49. The number of carbonyl (C=O) groups excluding carboxylic acids is 2. The number of hydrogen-bond acceptors (Lipinski definition) is 5. The van der Waals surface area contributed by atoms with Gasteiger partial charge in [0, 0.05) is 29.1 Å². The summed E-state index contributed by atoms with van der Waals surface area (Å²) in [5.41, 5.74) is 7.13. The molecule has 138 valence electrons. The topological polar surface area (TPSA) is 97.1 Å². The molecule has 7 heteroatoms. The van der Waals surface area contributed by atoms with Gasteiger partial charge in [0.15, 0.2) is 0 Å². The number of benzene rings is 1. The minimum atomic E-state index is -0.260. The van der Waals surface area contributed by atoms with Crippen LogP contribution in [-0.2, 0) is 6.42 Å². The number of nitrogens with zero attached hydrogens (tertiary/aromatic N) is 1. The first-order valence-corrected chi connectivity index (χ1v) is 9.90. The van der Waals surface area contributed by atoms with Crippen molar-refractivity contribution < 1.29 is 9.59 Å². The fourth-order valence-corrected chi connectivity index (χ4v) is 3.86. The Hall–Kier alpha value is -2.25. The van der Waals surface area contributed by atoms with Crippen LogP contribution >= 0.6 is 11.3 Å². The van der Waals surface area contributed by atoms with Crippen LogP contribution in [0.25, 0.3) is 0 Å². The predicted molar refractivity (Wildman–Crippen MR) is 104 cm³/mol. The first-order valence-electron chi connectivity index (χ1n) is 9.02. The van der Waals surface area contributed by atoms with Crippen molar-refractivity contribution in [3.8, 4) is 0 Å². The van der Waals surface area contributed by atoms with Crippen LogP contribution in [0.3, 0.4) is 0 Å². The molecule has 0 aliphatic heterocycles. The van der Waals surface area contributed by atoms with E-state index < -0.39 is 0 Å². The van der Waals surface area contributed by atoms with Gasteiger partial charge >= 0.3 is 0 Å². The summed E-state index contributed by atoms with van der Waals surface area (Å²) in [4.78, 5) is 28.8. The van der Waals surface area contributed by atoms with E-state index in [2.05, 4.69) is 15.6 Å². The SMILES string of the molecule is NCCc1nc(C(=O)Nc2ccc(C(=O)NC3CCCCC3)cc2)cs1. The highest BCUT2D eigenvalue weighted by Crippen LogP contribution is 2.18. The number of thiazole rings is 1. The first kappa shape index (κ1) is 18.5. The van der Waals surface area contributed by atoms with Gasteiger partial charge in [-0.1, -0.05) is 19.3 Å². The number of nitrogens with one attached hydrogen (secondary N) is 2. The van der Waals surface area contributed by atoms with Crippen molar-refractivity contribution in [2.75, 3.05) is 11.9 Å². The molecule has 0 saturated heterocycles. The summed E-state index contributed by atoms with van der Waals surface area (Å²) >= 11 is 1.43. The highest BCUT2D eigenvalue weighted by Gasteiger charge is 2.17. The van der Waals surface area contributed by atoms with Gasteiger partial charge in [-0.2, -0.15) is 0 Å². The van der Waals surface area contributed by atoms with Gasteiger partial charge in [0.25, 0.3) is 11.8 Å². The Morgan fingerprint density at radius 3 is 2.54 bits per heavy atom. The fourth-order valence-electron chi connectivity index (χ4n) is 3.07. The lowest BCUT2D eigenvalue weighted by atomic mass is 9.95. The molecule has 0 radical (unpaired) electrons. The smallest absolute Gasteiger partial charge is 0.275 e. The van der Waals surface area contributed by atoms with E-state index in [-0.39, 0.29) is 17.9 Å². The van der Waals surface area contributed by atoms with E-state index in [0.29, 0.717) is 29.9 Å². The standard InChI is InChI=1S/C19H24N4O2S/c20-11-10-17-23-16(12-26-17)19(25)22-15-8-6-13(7-9-15)18(24)21-14-4-2-1-3-5-14/h6-9,12,14H,1-5,10-11,20H2,(H,21,24)(H,22,25). The van der Waals surface area contributed by atoms with Crippen molar-refractivity contribution in [2.45, 2.75) is 44.6 Å². The Kier molecular flexibility index (Phi) is 6.35. The van der Waals surface area contributed by atoms with Gasteiger partial charge in [0.2, 0.25) is 0 Å². The van der Waals surface area contributed by atoms with Crippen molar-refractivity contribution in [1.82, 2.24) is 10.3 Å². The molecule has 1 aromatic carbocycles. The summed E-state index contributed by atoms with van der Waals surface area (Å²) in [7, 11) is 0. The molecular weight excluding hydrogens is 348 g/mol. The molecule has 1 heterocycles. The van der Waals surface area contributed by atoms with Crippen LogP contribution in [0.1, 0.15) is 58.0 Å². The maximum absolute atomic E-state index is 12.3. The second-order valence-electron chi connectivity index (χ2n) is 6.51. The summed E-state index contributed by atoms with van der Waals surface area (Å²) in [6.45, 7) is 0.513. The van der Waals surface area contributed by atoms with E-state index in [1.807, 2.05) is 0 Å². The summed E-state index contributed by atoms with van der Waals surface area (Å²) in [5, 5.41) is 8.48. The van der Waals surface area contributed by atoms with E-state index in [4.69, 9.17) is 5.73 Å². The van der Waals surface area contributed by atoms with Gasteiger partial charge in [-0.15, -0.1) is 11.3 Å². The minimum absolute atomic E-state index is 0.0549. The number of aromatic nitrogens is 1. The third-order valence-corrected chi connectivity index (χ3v) is 5.40. The lowest BCUT2D eigenvalue weighted by Crippen LogP contribution is -2.36. The summed E-state index contributed by atoms with van der Waals surface area (Å²) in [6, 6.07) is 7.22. The highest BCUT2D eigenvalue weighted by molar-refractivity contribution is 7.09. The van der Waals surface area contributed by atoms with Crippen LogP contribution in [0.5, 0.6) is 0 Å². The second kappa shape index (κ2) is 8.91. The van der Waals surface area contributed by atoms with Gasteiger partial charge in [-0.25, -0.2) is 4.98 Å². The van der Waals surface area contributed by atoms with Gasteiger partial charge in [0.1, 0.15) is 5.69 Å². The van der Waals surface area contributed by atoms with Crippen LogP contribution in [0, 0.1) is 0 Å². The first-order chi connectivity index (χ1) is 12.7. The van der Waals surface area contributed by atoms with Crippen molar-refractivity contribution in [2.24, 2.45) is 5.73 Å². The number of carbonyl (C=O) groups is 2. The lowest BCUT2D eigenvalue weighted by molar-refractivity contribution is 0.0927. The highest BCUT2D eigenvalue weighted by atomic mass is 32.1. The number of anilines is 1. The summed E-state index contributed by atoms with van der Waals surface area (Å²) in [6.07, 6.45) is 6.40. The minimum Gasteiger partial charge on any atom is -0.349 e. The molecule has 26 heavy (non-hydrogen) atoms. The number of hydrogen-bond donors (Lipinski definition) is 3. The Bertz CT molecular complexity index is 751. The summed E-state index contributed by atoms with van der Waals surface area (Å²) < 4.78 is 0. The molecule has 6 nitrogen and oxygen atoms in total. The molecule has 1 aromatic heterocycles. The van der Waals surface area contributed by atoms with Crippen molar-refractivity contribution >= 4 is 28.8 Å². The fraction of sp³-hybridized carbons (Fsp3) is 0.421. The molecule has 2 aromatic rings. The van der Waals surface area contributed by atoms with E-state index in [1.54, 1.807) is 29.6 Å². The lowest BCUT2D eigenvalue weighted by Gasteiger charge is -2.22. The second-order valence-corrected chi connectivity index (χ2v) is 7.45. The molecule has 1 aliphatic carbocycles. The van der Waals surface area contributed by atoms with Gasteiger partial charge in [-0.3, -0.25) is 9.59 Å². The van der Waals surface area contributed by atoms with E-state index in [9.17, 15) is 9.59 Å². The zero-order chi connectivity index (χ0) is 18.4. The molecule has 1 fully saturated rings. The average molecular weight is 372 g/mol. The zero-order valence-electron chi connectivity index (χ0n) is 14.7. The van der Waals surface area contributed by atoms with Crippen molar-refractivity contribution in [3.63, 3.8) is 0 Å². The van der Waals surface area contributed by atoms with Crippen molar-refractivity contribution in [3.05, 3.63) is 45.9 Å². The van der Waals surface area contributed by atoms with E-state index >= 15 is 0 Å². The number of nitrogens with two attached hydrogens (primary N) is 1. The normalized spacial score (nSPS) is 14.8. The Balaban J connectivity index is 1.56. The molecule has 2 amide bonds. The van der Waals surface area contributed by atoms with Gasteiger partial charge in [0.05, 0.1) is 5.01 Å². The van der Waals surface area contributed by atoms with E-state index in [1.165, 1.54) is 30.6 Å². The van der Waals surface area contributed by atoms with Crippen LogP contribution in [0.2, 0.25) is 0 Å².